The van der Waals surface area contributed by atoms with Crippen LogP contribution in [0, 0.1) is 22.9 Å². The average Bonchev–Trinajstić information content (AvgIpc) is 0.709. The average molecular weight is 1790 g/mol. The topological polar surface area (TPSA) is 0 Å². The quantitative estimate of drug-likeness (QED) is 0.0182. The third-order valence-corrected chi connectivity index (χ3v) is 42.9. The number of rotatable bonds is 30. The minimum absolute atomic E-state index is 0.575. The summed E-state index contributed by atoms with van der Waals surface area (Å²) in [7, 11) is -3.93. The summed E-state index contributed by atoms with van der Waals surface area (Å²) in [6, 6.07) is 114. The highest BCUT2D eigenvalue weighted by molar-refractivity contribution is 6.91. The molecule has 0 bridgehead atoms. The molecule has 0 N–H and O–H groups in total. The first-order valence-corrected chi connectivity index (χ1v) is 56.2. The lowest BCUT2D eigenvalue weighted by molar-refractivity contribution is 0.651. The highest BCUT2D eigenvalue weighted by Crippen LogP contribution is 2.55. The molecule has 0 aliphatic rings. The third kappa shape index (κ3) is 20.1. The lowest BCUT2D eigenvalue weighted by atomic mass is 9.77. The molecule has 2 heteroatoms. The largest absolute Gasteiger partial charge is 0.146 e. The Morgan fingerprint density at radius 1 is 0.194 bits per heavy atom. The molecule has 680 valence electrons. The van der Waals surface area contributed by atoms with Gasteiger partial charge in [-0.05, 0) is 331 Å². The maximum absolute atomic E-state index is 4.11. The molecule has 18 aromatic rings. The number of unbranched alkanes of at least 4 members (excludes halogenated alkanes) is 12. The van der Waals surface area contributed by atoms with E-state index in [-0.39, 0.29) is 0 Å². The van der Waals surface area contributed by atoms with E-state index in [1.165, 1.54) is 303 Å². The molecule has 0 spiro atoms. The van der Waals surface area contributed by atoms with Gasteiger partial charge in [0.2, 0.25) is 0 Å². The zero-order valence-electron chi connectivity index (χ0n) is 83.5. The van der Waals surface area contributed by atoms with Crippen LogP contribution in [0.4, 0.5) is 0 Å². The molecular weight excluding hydrogens is 1640 g/mol. The van der Waals surface area contributed by atoms with Gasteiger partial charge in [0.25, 0.3) is 0 Å². The van der Waals surface area contributed by atoms with Crippen LogP contribution in [0.25, 0.3) is 163 Å². The molecule has 0 aromatic heterocycles. The lowest BCUT2D eigenvalue weighted by Crippen LogP contribution is -2.43. The van der Waals surface area contributed by atoms with Crippen LogP contribution >= 0.6 is 0 Å². The second-order valence-electron chi connectivity index (χ2n) is 40.8. The Morgan fingerprint density at radius 3 is 0.590 bits per heavy atom. The molecule has 0 aliphatic carbocycles. The van der Waals surface area contributed by atoms with E-state index in [0.29, 0.717) is 33.2 Å². The fraction of sp³-hybridized carbons (Fsp3) is 0.318. The summed E-state index contributed by atoms with van der Waals surface area (Å²) in [6.07, 6.45) is 26.2. The van der Waals surface area contributed by atoms with Gasteiger partial charge in [0.05, 0.1) is 0 Å². The van der Waals surface area contributed by atoms with Crippen molar-refractivity contribution in [3.8, 4) is 67.4 Å². The van der Waals surface area contributed by atoms with Gasteiger partial charge in [-0.25, -0.2) is 0 Å². The summed E-state index contributed by atoms with van der Waals surface area (Å²) in [5, 5.41) is 28.8. The molecular formula is C132H144Si2. The SMILES string of the molecule is CC(C)[Si](C#Cc1c2cc3ccccc3cc2c(C#C[Si](C(C)C)(C(C)C)C(C)C)c2cc3ccccc3cc12)(C(C)C)C(C)C.CCCCCCc1cc2cc3cc4cc5cc(CCCCCC)c(CCCCCC)cc5cc4cc3cc2cc1CCCCCC.c1ccc(-c2c3ccccc3c(-c3ccccc3)c3c(-c4ccccc4)c4ccccc4c(-c4ccccc4)c23)cc1. The molecule has 0 atom stereocenters. The smallest absolute Gasteiger partial charge is 0.125 e. The fourth-order valence-corrected chi connectivity index (χ4v) is 33.9. The van der Waals surface area contributed by atoms with Crippen molar-refractivity contribution in [3.05, 3.63) is 337 Å². The number of hydrogen-bond acceptors (Lipinski definition) is 0. The number of hydrogen-bond donors (Lipinski definition) is 0. The van der Waals surface area contributed by atoms with E-state index in [9.17, 15) is 0 Å². The molecule has 0 radical (unpaired) electrons. The second kappa shape index (κ2) is 43.8. The van der Waals surface area contributed by atoms with E-state index in [4.69, 9.17) is 0 Å². The number of fused-ring (bicyclic) bond motifs is 11. The Hall–Kier alpha value is -11.6. The van der Waals surface area contributed by atoms with Crippen molar-refractivity contribution < 1.29 is 0 Å². The predicted octanol–water partition coefficient (Wildman–Crippen LogP) is 40.0. The molecule has 0 nitrogen and oxygen atoms in total. The fourth-order valence-electron chi connectivity index (χ4n) is 23.5. The Morgan fingerprint density at radius 2 is 0.388 bits per heavy atom. The normalized spacial score (nSPS) is 12.0. The van der Waals surface area contributed by atoms with Gasteiger partial charge in [0.1, 0.15) is 16.1 Å². The van der Waals surface area contributed by atoms with Gasteiger partial charge in [-0.3, -0.25) is 0 Å². The number of benzene rings is 18. The molecule has 134 heavy (non-hydrogen) atoms. The van der Waals surface area contributed by atoms with Crippen LogP contribution < -0.4 is 0 Å². The van der Waals surface area contributed by atoms with Crippen LogP contribution in [-0.2, 0) is 25.7 Å². The Kier molecular flexibility index (Phi) is 31.2. The standard InChI is InChI=1S/C46H62.C44H54Si2.C42H28/c1-5-9-13-17-21-35-25-39-29-43-33-45-31-41-27-37(23-19-15-11-7-3)38(24-20-16-12-8-4)28-42(41)32-46(45)34-44(43)30-40(39)26-36(35)22-18-14-10-6-2;1-29(2)45(30(3)4,31(5)6)23-21-39-41-25-35-17-13-15-19-37(35)27-43(41)40(22-24-46(32(7)8,33(9)10)34(11)12)44-28-38-20-16-14-18-36(38)26-42(39)44;1-5-17-29(18-6-1)37-33-25-13-14-26-34(33)39(31-21-9-3-10-22-31)42-40(32-23-11-4-12-24-32)36-28-16-15-27-35(36)38(41(37)42)30-19-7-2-8-20-30/h25-34H,5-24H2,1-4H3;13-20,25-34H,1-12H3;1-28H. The highest BCUT2D eigenvalue weighted by Gasteiger charge is 2.43. The van der Waals surface area contributed by atoms with E-state index < -0.39 is 16.1 Å². The van der Waals surface area contributed by atoms with Gasteiger partial charge in [-0.2, -0.15) is 0 Å². The van der Waals surface area contributed by atoms with E-state index in [2.05, 4.69) is 437 Å². The lowest BCUT2D eigenvalue weighted by Gasteiger charge is -2.38. The zero-order chi connectivity index (χ0) is 93.6. The molecule has 0 unspecified atom stereocenters. The zero-order valence-corrected chi connectivity index (χ0v) is 85.5. The van der Waals surface area contributed by atoms with Crippen molar-refractivity contribution in [3.63, 3.8) is 0 Å². The molecule has 18 aromatic carbocycles. The van der Waals surface area contributed by atoms with E-state index in [1.54, 1.807) is 22.3 Å². The monoisotopic (exact) mass is 1790 g/mol. The maximum atomic E-state index is 4.11. The second-order valence-corrected chi connectivity index (χ2v) is 51.9. The van der Waals surface area contributed by atoms with Gasteiger partial charge in [-0.1, -0.05) is 442 Å². The predicted molar refractivity (Wildman–Crippen MR) is 601 cm³/mol. The first kappa shape index (κ1) is 95.5. The van der Waals surface area contributed by atoms with Crippen molar-refractivity contribution >= 4 is 135 Å². The Labute approximate surface area is 805 Å². The van der Waals surface area contributed by atoms with Crippen LogP contribution in [0.15, 0.2) is 303 Å². The molecule has 0 heterocycles. The first-order chi connectivity index (χ1) is 65.3. The van der Waals surface area contributed by atoms with Crippen molar-refractivity contribution in [2.75, 3.05) is 0 Å². The Bertz CT molecular complexity index is 6450. The molecule has 18 rings (SSSR count). The minimum atomic E-state index is -1.97. The van der Waals surface area contributed by atoms with Crippen LogP contribution in [-0.4, -0.2) is 16.1 Å². The van der Waals surface area contributed by atoms with Crippen LogP contribution in [0.1, 0.15) is 247 Å². The summed E-state index contributed by atoms with van der Waals surface area (Å²) in [5.74, 6) is 7.94. The van der Waals surface area contributed by atoms with E-state index in [0.717, 1.165) is 0 Å². The van der Waals surface area contributed by atoms with Crippen LogP contribution in [0.3, 0.4) is 0 Å². The number of aryl methyl sites for hydroxylation is 4. The molecule has 0 saturated carbocycles. The summed E-state index contributed by atoms with van der Waals surface area (Å²) in [6.45, 7) is 38.1. The van der Waals surface area contributed by atoms with Crippen molar-refractivity contribution in [1.82, 2.24) is 0 Å². The Balaban J connectivity index is 0.000000146. The van der Waals surface area contributed by atoms with Gasteiger partial charge in [0.15, 0.2) is 0 Å². The van der Waals surface area contributed by atoms with Crippen LogP contribution in [0.5, 0.6) is 0 Å². The summed E-state index contributed by atoms with van der Waals surface area (Å²) >= 11 is 0. The van der Waals surface area contributed by atoms with Gasteiger partial charge >= 0.3 is 0 Å². The first-order valence-electron chi connectivity index (χ1n) is 51.7. The van der Waals surface area contributed by atoms with Crippen molar-refractivity contribution in [2.45, 2.75) is 272 Å². The molecule has 0 aliphatic heterocycles. The summed E-state index contributed by atoms with van der Waals surface area (Å²) in [4.78, 5) is 0. The van der Waals surface area contributed by atoms with Gasteiger partial charge in [0, 0.05) is 11.1 Å². The minimum Gasteiger partial charge on any atom is -0.125 e. The van der Waals surface area contributed by atoms with E-state index in [1.807, 2.05) is 0 Å². The van der Waals surface area contributed by atoms with Crippen molar-refractivity contribution in [2.24, 2.45) is 0 Å². The third-order valence-electron chi connectivity index (χ3n) is 30.4. The summed E-state index contributed by atoms with van der Waals surface area (Å²) in [5.41, 5.74) is 30.4. The van der Waals surface area contributed by atoms with E-state index >= 15 is 0 Å². The highest BCUT2D eigenvalue weighted by atomic mass is 28.3. The molecule has 0 amide bonds. The molecule has 0 fully saturated rings. The van der Waals surface area contributed by atoms with Gasteiger partial charge < -0.3 is 0 Å². The van der Waals surface area contributed by atoms with Crippen molar-refractivity contribution in [1.29, 1.82) is 0 Å². The van der Waals surface area contributed by atoms with Crippen LogP contribution in [0.2, 0.25) is 33.2 Å². The van der Waals surface area contributed by atoms with Gasteiger partial charge in [-0.15, -0.1) is 11.1 Å². The molecule has 0 saturated heterocycles. The maximum Gasteiger partial charge on any atom is 0.146 e. The summed E-state index contributed by atoms with van der Waals surface area (Å²) < 4.78 is 0.